The number of hydrogen-bond donors (Lipinski definition) is 0. The van der Waals surface area contributed by atoms with Crippen LogP contribution in [0.25, 0.3) is 27.8 Å². The van der Waals surface area contributed by atoms with Gasteiger partial charge in [0.15, 0.2) is 0 Å². The van der Waals surface area contributed by atoms with Crippen molar-refractivity contribution in [2.24, 2.45) is 0 Å². The van der Waals surface area contributed by atoms with E-state index in [0.29, 0.717) is 0 Å². The van der Waals surface area contributed by atoms with Gasteiger partial charge >= 0.3 is 0 Å². The molecule has 146 valence electrons. The van der Waals surface area contributed by atoms with E-state index in [1.54, 1.807) is 0 Å². The normalized spacial score (nSPS) is 14.8. The van der Waals surface area contributed by atoms with Gasteiger partial charge in [-0.05, 0) is 55.7 Å². The van der Waals surface area contributed by atoms with E-state index in [1.807, 2.05) is 12.2 Å². The highest BCUT2D eigenvalue weighted by Crippen LogP contribution is 2.60. The van der Waals surface area contributed by atoms with Crippen molar-refractivity contribution < 1.29 is 0 Å². The van der Waals surface area contributed by atoms with E-state index >= 15 is 0 Å². The second kappa shape index (κ2) is 6.55. The zero-order valence-corrected chi connectivity index (χ0v) is 17.3. The Hall–Kier alpha value is -3.90. The minimum atomic E-state index is -0.436. The van der Waals surface area contributed by atoms with Gasteiger partial charge in [0.1, 0.15) is 0 Å². The van der Waals surface area contributed by atoms with Crippen LogP contribution in [0, 0.1) is 0 Å². The summed E-state index contributed by atoms with van der Waals surface area (Å²) in [6.07, 6.45) is 4.04. The first kappa shape index (κ1) is 17.9. The van der Waals surface area contributed by atoms with E-state index < -0.39 is 5.41 Å². The van der Waals surface area contributed by atoms with Crippen LogP contribution in [0.1, 0.15) is 22.3 Å². The maximum atomic E-state index is 4.29. The fourth-order valence-electron chi connectivity index (χ4n) is 5.79. The molecule has 6 rings (SSSR count). The summed E-state index contributed by atoms with van der Waals surface area (Å²) in [7, 11) is 0. The molecule has 1 spiro atoms. The van der Waals surface area contributed by atoms with Gasteiger partial charge in [-0.25, -0.2) is 0 Å². The van der Waals surface area contributed by atoms with Crippen LogP contribution in [0.2, 0.25) is 0 Å². The molecule has 0 heterocycles. The van der Waals surface area contributed by atoms with Gasteiger partial charge in [-0.1, -0.05) is 122 Å². The Morgan fingerprint density at radius 1 is 0.452 bits per heavy atom. The second-order valence-corrected chi connectivity index (χ2v) is 8.17. The highest BCUT2D eigenvalue weighted by atomic mass is 14.5. The fraction of sp³-hybridized carbons (Fsp3) is 0.0323. The van der Waals surface area contributed by atoms with Crippen LogP contribution in [0.15, 0.2) is 128 Å². The highest BCUT2D eigenvalue weighted by molar-refractivity contribution is 5.98. The number of benzene rings is 4. The third-order valence-electron chi connectivity index (χ3n) is 6.89. The monoisotopic (exact) mass is 394 g/mol. The molecule has 31 heavy (non-hydrogen) atoms. The molecule has 0 atom stereocenters. The van der Waals surface area contributed by atoms with Crippen molar-refractivity contribution in [2.45, 2.75) is 5.41 Å². The molecule has 0 saturated heterocycles. The van der Waals surface area contributed by atoms with E-state index in [2.05, 4.69) is 110 Å². The van der Waals surface area contributed by atoms with Crippen LogP contribution in [0.3, 0.4) is 0 Å². The molecule has 0 aliphatic heterocycles. The van der Waals surface area contributed by atoms with Gasteiger partial charge in [0.05, 0.1) is 5.41 Å². The number of allylic oxidation sites excluding steroid dienone is 4. The zero-order chi connectivity index (χ0) is 21.0. The van der Waals surface area contributed by atoms with Crippen molar-refractivity contribution >= 4 is 5.57 Å². The van der Waals surface area contributed by atoms with Crippen molar-refractivity contribution in [3.8, 4) is 22.3 Å². The van der Waals surface area contributed by atoms with E-state index in [9.17, 15) is 0 Å². The van der Waals surface area contributed by atoms with E-state index in [-0.39, 0.29) is 0 Å². The van der Waals surface area contributed by atoms with E-state index in [4.69, 9.17) is 0 Å². The summed E-state index contributed by atoms with van der Waals surface area (Å²) < 4.78 is 0. The molecule has 0 fully saturated rings. The van der Waals surface area contributed by atoms with Gasteiger partial charge in [0.25, 0.3) is 0 Å². The summed E-state index contributed by atoms with van der Waals surface area (Å²) in [6, 6.07) is 35.2. The van der Waals surface area contributed by atoms with Gasteiger partial charge < -0.3 is 0 Å². The summed E-state index contributed by atoms with van der Waals surface area (Å²) >= 11 is 0. The quantitative estimate of drug-likeness (QED) is 0.325. The van der Waals surface area contributed by atoms with Gasteiger partial charge in [-0.3, -0.25) is 0 Å². The summed E-state index contributed by atoms with van der Waals surface area (Å²) in [4.78, 5) is 0. The van der Waals surface area contributed by atoms with Crippen molar-refractivity contribution in [1.29, 1.82) is 0 Å². The molecule has 0 bridgehead atoms. The molecule has 0 radical (unpaired) electrons. The van der Waals surface area contributed by atoms with E-state index in [0.717, 1.165) is 0 Å². The largest absolute Gasteiger partial charge is 0.0987 e. The number of hydrogen-bond acceptors (Lipinski definition) is 0. The molecule has 4 aromatic carbocycles. The molecular weight excluding hydrogens is 372 g/mol. The summed E-state index contributed by atoms with van der Waals surface area (Å²) in [5, 5.41) is 0. The first-order valence-electron chi connectivity index (χ1n) is 10.7. The number of rotatable bonds is 2. The molecule has 0 unspecified atom stereocenters. The predicted octanol–water partition coefficient (Wildman–Crippen LogP) is 7.81. The van der Waals surface area contributed by atoms with Crippen molar-refractivity contribution in [1.82, 2.24) is 0 Å². The topological polar surface area (TPSA) is 0 Å². The highest BCUT2D eigenvalue weighted by Gasteiger charge is 2.49. The lowest BCUT2D eigenvalue weighted by molar-refractivity contribution is 0.768. The number of fused-ring (bicyclic) bond motifs is 9. The minimum Gasteiger partial charge on any atom is -0.0987 e. The standard InChI is InChI=1S/C31H22/c1-3-21-24-15-7-10-18-28(24)31(27(21)4-2)29-19-11-8-16-25(29)22-13-5-6-14-23(22)26-17-9-12-20-30(26)31/h3-20H,1-2H2. The molecule has 4 aromatic rings. The predicted molar refractivity (Wildman–Crippen MR) is 131 cm³/mol. The second-order valence-electron chi connectivity index (χ2n) is 8.17. The van der Waals surface area contributed by atoms with Crippen LogP contribution in [-0.2, 0) is 5.41 Å². The Morgan fingerprint density at radius 2 is 0.839 bits per heavy atom. The Morgan fingerprint density at radius 3 is 1.29 bits per heavy atom. The lowest BCUT2D eigenvalue weighted by atomic mass is 9.65. The van der Waals surface area contributed by atoms with E-state index in [1.165, 1.54) is 55.7 Å². The maximum absolute atomic E-state index is 4.29. The smallest absolute Gasteiger partial charge is 0.0725 e. The molecule has 0 N–H and O–H groups in total. The van der Waals surface area contributed by atoms with Gasteiger partial charge in [0.2, 0.25) is 0 Å². The molecule has 0 aromatic heterocycles. The average Bonchev–Trinajstić information content (AvgIpc) is 3.08. The van der Waals surface area contributed by atoms with Crippen LogP contribution >= 0.6 is 0 Å². The van der Waals surface area contributed by atoms with Crippen molar-refractivity contribution in [2.75, 3.05) is 0 Å². The minimum absolute atomic E-state index is 0.436. The van der Waals surface area contributed by atoms with Crippen LogP contribution in [-0.4, -0.2) is 0 Å². The third-order valence-corrected chi connectivity index (χ3v) is 6.89. The molecule has 2 aliphatic carbocycles. The van der Waals surface area contributed by atoms with Crippen molar-refractivity contribution in [3.05, 3.63) is 150 Å². The Labute approximate surface area is 183 Å². The Kier molecular flexibility index (Phi) is 3.79. The van der Waals surface area contributed by atoms with Gasteiger partial charge in [-0.2, -0.15) is 0 Å². The SMILES string of the molecule is C=CC1=C(C=C)C2(c3ccccc31)c1ccccc1-c1ccccc1-c1ccccc12. The first-order valence-corrected chi connectivity index (χ1v) is 10.7. The lowest BCUT2D eigenvalue weighted by Crippen LogP contribution is -2.30. The molecule has 0 amide bonds. The molecule has 0 heteroatoms. The van der Waals surface area contributed by atoms with Gasteiger partial charge in [-0.15, -0.1) is 0 Å². The summed E-state index contributed by atoms with van der Waals surface area (Å²) in [5.74, 6) is 0. The Balaban J connectivity index is 1.92. The molecular formula is C31H22. The molecule has 2 aliphatic rings. The Bertz CT molecular complexity index is 1350. The van der Waals surface area contributed by atoms with Crippen LogP contribution in [0.5, 0.6) is 0 Å². The average molecular weight is 395 g/mol. The lowest BCUT2D eigenvalue weighted by Gasteiger charge is -2.36. The van der Waals surface area contributed by atoms with Crippen LogP contribution < -0.4 is 0 Å². The van der Waals surface area contributed by atoms with Crippen LogP contribution in [0.4, 0.5) is 0 Å². The summed E-state index contributed by atoms with van der Waals surface area (Å²) in [6.45, 7) is 8.48. The first-order chi connectivity index (χ1) is 15.3. The summed E-state index contributed by atoms with van der Waals surface area (Å²) in [5.41, 5.74) is 12.2. The zero-order valence-electron chi connectivity index (χ0n) is 17.3. The third kappa shape index (κ3) is 2.14. The maximum Gasteiger partial charge on any atom is 0.0725 e. The van der Waals surface area contributed by atoms with Crippen molar-refractivity contribution in [3.63, 3.8) is 0 Å². The van der Waals surface area contributed by atoms with Gasteiger partial charge in [0, 0.05) is 0 Å². The molecule has 0 nitrogen and oxygen atoms in total. The fourth-order valence-corrected chi connectivity index (χ4v) is 5.79. The molecule has 0 saturated carbocycles.